The molecule has 2 nitrogen and oxygen atoms in total. The molecule has 0 unspecified atom stereocenters. The molecule has 1 saturated carbocycles. The van der Waals surface area contributed by atoms with E-state index >= 15 is 0 Å². The van der Waals surface area contributed by atoms with Gasteiger partial charge in [-0.2, -0.15) is 11.8 Å². The molecule has 0 spiro atoms. The van der Waals surface area contributed by atoms with E-state index in [1.54, 1.807) is 14.0 Å². The summed E-state index contributed by atoms with van der Waals surface area (Å²) < 4.78 is 5.38. The van der Waals surface area contributed by atoms with Crippen LogP contribution in [-0.2, 0) is 5.75 Å². The number of ketones is 1. The Balaban J connectivity index is 1.96. The first-order valence-electron chi connectivity index (χ1n) is 6.96. The minimum Gasteiger partial charge on any atom is -0.496 e. The zero-order valence-corrected chi connectivity index (χ0v) is 12.6. The maximum atomic E-state index is 11.4. The zero-order valence-electron chi connectivity index (χ0n) is 11.8. The van der Waals surface area contributed by atoms with Crippen molar-refractivity contribution in [2.24, 2.45) is 5.92 Å². The molecule has 0 aliphatic heterocycles. The number of hydrogen-bond acceptors (Lipinski definition) is 3. The number of Topliss-reactive ketones (excluding diaryl/α,β-unsaturated/α-hetero) is 1. The highest BCUT2D eigenvalue weighted by Gasteiger charge is 2.15. The Bertz CT molecular complexity index is 436. The van der Waals surface area contributed by atoms with Crippen LogP contribution in [0.15, 0.2) is 18.2 Å². The standard InChI is InChI=1S/C16H22O2S/c1-12(17)14-7-8-16(18-2)15(9-14)11-19-10-13-5-3-4-6-13/h7-9,13H,3-6,10-11H2,1-2H3. The molecule has 0 aromatic heterocycles. The molecule has 19 heavy (non-hydrogen) atoms. The normalized spacial score (nSPS) is 15.7. The molecule has 3 heteroatoms. The lowest BCUT2D eigenvalue weighted by atomic mass is 10.1. The smallest absolute Gasteiger partial charge is 0.159 e. The van der Waals surface area contributed by atoms with Crippen LogP contribution in [0.2, 0.25) is 0 Å². The molecule has 1 aliphatic carbocycles. The number of hydrogen-bond donors (Lipinski definition) is 0. The quantitative estimate of drug-likeness (QED) is 0.725. The molecular weight excluding hydrogens is 256 g/mol. The molecule has 0 saturated heterocycles. The highest BCUT2D eigenvalue weighted by molar-refractivity contribution is 7.98. The second-order valence-corrected chi connectivity index (χ2v) is 6.28. The van der Waals surface area contributed by atoms with Gasteiger partial charge in [-0.3, -0.25) is 4.79 Å². The van der Waals surface area contributed by atoms with Crippen LogP contribution in [-0.4, -0.2) is 18.6 Å². The SMILES string of the molecule is COc1ccc(C(C)=O)cc1CSCC1CCCC1. The highest BCUT2D eigenvalue weighted by Crippen LogP contribution is 2.31. The summed E-state index contributed by atoms with van der Waals surface area (Å²) in [5.41, 5.74) is 1.91. The lowest BCUT2D eigenvalue weighted by molar-refractivity contribution is 0.101. The van der Waals surface area contributed by atoms with Crippen LogP contribution in [0.1, 0.15) is 48.5 Å². The maximum absolute atomic E-state index is 11.4. The van der Waals surface area contributed by atoms with Gasteiger partial charge in [0.05, 0.1) is 7.11 Å². The summed E-state index contributed by atoms with van der Waals surface area (Å²) in [5.74, 6) is 4.06. The summed E-state index contributed by atoms with van der Waals surface area (Å²) in [5, 5.41) is 0. The lowest BCUT2D eigenvalue weighted by Gasteiger charge is -2.12. The van der Waals surface area contributed by atoms with Crippen LogP contribution in [0.3, 0.4) is 0 Å². The fraction of sp³-hybridized carbons (Fsp3) is 0.562. The third-order valence-electron chi connectivity index (χ3n) is 3.77. The van der Waals surface area contributed by atoms with Gasteiger partial charge in [0.2, 0.25) is 0 Å². The van der Waals surface area contributed by atoms with Crippen molar-refractivity contribution >= 4 is 17.5 Å². The fourth-order valence-corrected chi connectivity index (χ4v) is 3.85. The van der Waals surface area contributed by atoms with Gasteiger partial charge < -0.3 is 4.74 Å². The molecule has 0 bridgehead atoms. The largest absolute Gasteiger partial charge is 0.496 e. The number of benzene rings is 1. The first kappa shape index (κ1) is 14.4. The van der Waals surface area contributed by atoms with E-state index in [1.807, 2.05) is 30.0 Å². The van der Waals surface area contributed by atoms with Crippen molar-refractivity contribution in [2.75, 3.05) is 12.9 Å². The fourth-order valence-electron chi connectivity index (χ4n) is 2.62. The Kier molecular flexibility index (Phi) is 5.32. The number of methoxy groups -OCH3 is 1. The third kappa shape index (κ3) is 4.00. The molecule has 2 rings (SSSR count). The number of ether oxygens (including phenoxy) is 1. The Morgan fingerprint density at radius 3 is 2.74 bits per heavy atom. The topological polar surface area (TPSA) is 26.3 Å². The van der Waals surface area contributed by atoms with Gasteiger partial charge in [0.1, 0.15) is 5.75 Å². The van der Waals surface area contributed by atoms with Crippen molar-refractivity contribution in [1.29, 1.82) is 0 Å². The second-order valence-electron chi connectivity index (χ2n) is 5.25. The first-order chi connectivity index (χ1) is 9.20. The molecule has 0 radical (unpaired) electrons. The van der Waals surface area contributed by atoms with E-state index in [4.69, 9.17) is 4.74 Å². The number of thioether (sulfide) groups is 1. The maximum Gasteiger partial charge on any atom is 0.159 e. The predicted octanol–water partition coefficient (Wildman–Crippen LogP) is 4.32. The summed E-state index contributed by atoms with van der Waals surface area (Å²) >= 11 is 1.96. The van der Waals surface area contributed by atoms with E-state index in [-0.39, 0.29) is 5.78 Å². The number of carbonyl (C=O) groups excluding carboxylic acids is 1. The van der Waals surface area contributed by atoms with Crippen molar-refractivity contribution in [1.82, 2.24) is 0 Å². The monoisotopic (exact) mass is 278 g/mol. The summed E-state index contributed by atoms with van der Waals surface area (Å²) in [6, 6.07) is 5.72. The van der Waals surface area contributed by atoms with Crippen molar-refractivity contribution in [3.05, 3.63) is 29.3 Å². The van der Waals surface area contributed by atoms with Gasteiger partial charge in [0, 0.05) is 16.9 Å². The van der Waals surface area contributed by atoms with Crippen LogP contribution in [0, 0.1) is 5.92 Å². The van der Waals surface area contributed by atoms with Crippen LogP contribution >= 0.6 is 11.8 Å². The number of carbonyl (C=O) groups is 1. The van der Waals surface area contributed by atoms with Crippen molar-refractivity contribution in [3.8, 4) is 5.75 Å². The van der Waals surface area contributed by atoms with E-state index < -0.39 is 0 Å². The van der Waals surface area contributed by atoms with Crippen LogP contribution in [0.25, 0.3) is 0 Å². The second kappa shape index (κ2) is 6.99. The number of rotatable bonds is 6. The molecule has 1 aromatic carbocycles. The van der Waals surface area contributed by atoms with Gasteiger partial charge in [0.15, 0.2) is 5.78 Å². The van der Waals surface area contributed by atoms with Gasteiger partial charge in [0.25, 0.3) is 0 Å². The van der Waals surface area contributed by atoms with Crippen molar-refractivity contribution < 1.29 is 9.53 Å². The van der Waals surface area contributed by atoms with E-state index in [0.717, 1.165) is 28.5 Å². The summed E-state index contributed by atoms with van der Waals surface area (Å²) in [7, 11) is 1.69. The minimum atomic E-state index is 0.115. The van der Waals surface area contributed by atoms with Gasteiger partial charge in [-0.15, -0.1) is 0 Å². The Hall–Kier alpha value is -0.960. The zero-order chi connectivity index (χ0) is 13.7. The molecule has 1 aromatic rings. The predicted molar refractivity (Wildman–Crippen MR) is 81.1 cm³/mol. The Morgan fingerprint density at radius 2 is 2.11 bits per heavy atom. The molecule has 1 aliphatic rings. The minimum absolute atomic E-state index is 0.115. The molecular formula is C16H22O2S. The van der Waals surface area contributed by atoms with Crippen LogP contribution in [0.4, 0.5) is 0 Å². The van der Waals surface area contributed by atoms with Crippen molar-refractivity contribution in [3.63, 3.8) is 0 Å². The summed E-state index contributed by atoms with van der Waals surface area (Å²) in [6.07, 6.45) is 5.57. The Labute approximate surface area is 119 Å². The van der Waals surface area contributed by atoms with Crippen LogP contribution < -0.4 is 4.74 Å². The Morgan fingerprint density at radius 1 is 1.37 bits per heavy atom. The molecule has 0 N–H and O–H groups in total. The summed E-state index contributed by atoms with van der Waals surface area (Å²) in [4.78, 5) is 11.4. The average Bonchev–Trinajstić information content (AvgIpc) is 2.91. The van der Waals surface area contributed by atoms with Crippen LogP contribution in [0.5, 0.6) is 5.75 Å². The molecule has 104 valence electrons. The molecule has 0 heterocycles. The third-order valence-corrected chi connectivity index (χ3v) is 5.00. The molecule has 0 amide bonds. The van der Waals surface area contributed by atoms with E-state index in [2.05, 4.69) is 0 Å². The molecule has 1 fully saturated rings. The highest BCUT2D eigenvalue weighted by atomic mass is 32.2. The molecule has 0 atom stereocenters. The summed E-state index contributed by atoms with van der Waals surface area (Å²) in [6.45, 7) is 1.61. The van der Waals surface area contributed by atoms with Gasteiger partial charge >= 0.3 is 0 Å². The first-order valence-corrected chi connectivity index (χ1v) is 8.11. The van der Waals surface area contributed by atoms with E-state index in [0.29, 0.717) is 0 Å². The van der Waals surface area contributed by atoms with E-state index in [1.165, 1.54) is 31.4 Å². The van der Waals surface area contributed by atoms with Gasteiger partial charge in [-0.1, -0.05) is 12.8 Å². The van der Waals surface area contributed by atoms with Gasteiger partial charge in [-0.25, -0.2) is 0 Å². The van der Waals surface area contributed by atoms with E-state index in [9.17, 15) is 4.79 Å². The lowest BCUT2D eigenvalue weighted by Crippen LogP contribution is -2.00. The van der Waals surface area contributed by atoms with Crippen molar-refractivity contribution in [2.45, 2.75) is 38.4 Å². The average molecular weight is 278 g/mol. The van der Waals surface area contributed by atoms with Gasteiger partial charge in [-0.05, 0) is 49.6 Å².